The molecule has 1 aromatic carbocycles. The number of hydrogen-bond donors (Lipinski definition) is 1. The highest BCUT2D eigenvalue weighted by Crippen LogP contribution is 2.44. The van der Waals surface area contributed by atoms with Gasteiger partial charge < -0.3 is 19.2 Å². The summed E-state index contributed by atoms with van der Waals surface area (Å²) in [5.41, 5.74) is 3.68. The van der Waals surface area contributed by atoms with Crippen LogP contribution >= 0.6 is 0 Å². The second-order valence-corrected chi connectivity index (χ2v) is 14.5. The molecule has 1 N–H and O–H groups in total. The second kappa shape index (κ2) is 11.6. The van der Waals surface area contributed by atoms with E-state index < -0.39 is 5.82 Å². The zero-order valence-corrected chi connectivity index (χ0v) is 27.9. The van der Waals surface area contributed by atoms with Crippen LogP contribution in [0.15, 0.2) is 30.5 Å². The normalized spacial score (nSPS) is 29.3. The Labute approximate surface area is 281 Å². The highest BCUT2D eigenvalue weighted by atomic mass is 19.1. The number of likely N-dealkylation sites (tertiary alicyclic amines) is 1. The largest absolute Gasteiger partial charge is 0.493 e. The Hall–Kier alpha value is -3.96. The number of rotatable bonds is 5. The lowest BCUT2D eigenvalue weighted by Crippen LogP contribution is -2.38. The highest BCUT2D eigenvalue weighted by Gasteiger charge is 2.48. The minimum Gasteiger partial charge on any atom is -0.493 e. The Morgan fingerprint density at radius 1 is 1.15 bits per heavy atom. The summed E-state index contributed by atoms with van der Waals surface area (Å²) in [6.45, 7) is 7.80. The van der Waals surface area contributed by atoms with Crippen molar-refractivity contribution in [3.63, 3.8) is 0 Å². The first-order valence-corrected chi connectivity index (χ1v) is 17.7. The molecule has 11 heteroatoms. The van der Waals surface area contributed by atoms with Crippen molar-refractivity contribution in [2.24, 2.45) is 0 Å². The van der Waals surface area contributed by atoms with Gasteiger partial charge in [0.15, 0.2) is 5.82 Å². The molecule has 0 aliphatic carbocycles. The van der Waals surface area contributed by atoms with Gasteiger partial charge >= 0.3 is 6.09 Å². The number of benzene rings is 1. The average molecular weight is 657 g/mol. The Morgan fingerprint density at radius 3 is 2.79 bits per heavy atom. The first-order chi connectivity index (χ1) is 23.4. The number of halogens is 1. The monoisotopic (exact) mass is 656 g/mol. The molecule has 0 spiro atoms. The Morgan fingerprint density at radius 2 is 2.04 bits per heavy atom. The molecule has 3 aromatic heterocycles. The summed E-state index contributed by atoms with van der Waals surface area (Å²) < 4.78 is 34.4. The van der Waals surface area contributed by atoms with Crippen LogP contribution in [0.4, 0.5) is 9.18 Å². The average Bonchev–Trinajstić information content (AvgIpc) is 3.62. The van der Waals surface area contributed by atoms with Crippen molar-refractivity contribution in [1.82, 2.24) is 29.7 Å². The van der Waals surface area contributed by atoms with E-state index in [-0.39, 0.29) is 43.0 Å². The quantitative estimate of drug-likeness (QED) is 0.245. The molecule has 6 aliphatic rings. The predicted molar refractivity (Wildman–Crippen MR) is 182 cm³/mol. The summed E-state index contributed by atoms with van der Waals surface area (Å²) in [5.74, 6) is 0.571. The van der Waals surface area contributed by atoms with E-state index in [9.17, 15) is 4.79 Å². The van der Waals surface area contributed by atoms with Gasteiger partial charge in [-0.25, -0.2) is 14.2 Å². The number of ether oxygens (including phenoxy) is 3. The van der Waals surface area contributed by atoms with Crippen LogP contribution in [0.25, 0.3) is 33.1 Å². The van der Waals surface area contributed by atoms with Crippen molar-refractivity contribution in [3.8, 4) is 22.9 Å². The van der Waals surface area contributed by atoms with Gasteiger partial charge in [-0.2, -0.15) is 0 Å². The zero-order valence-electron chi connectivity index (χ0n) is 27.9. The zero-order chi connectivity index (χ0) is 32.7. The lowest BCUT2D eigenvalue weighted by Gasteiger charge is -2.26. The number of para-hydroxylation sites is 1. The molecule has 0 saturated carbocycles. The first-order valence-electron chi connectivity index (χ1n) is 17.7. The van der Waals surface area contributed by atoms with E-state index in [0.717, 1.165) is 73.8 Å². The minimum absolute atomic E-state index is 0. The molecule has 254 valence electrons. The number of hydrogen-bond acceptors (Lipinski definition) is 8. The molecule has 9 heterocycles. The molecular weight excluding hydrogens is 611 g/mol. The summed E-state index contributed by atoms with van der Waals surface area (Å²) in [6, 6.07) is 9.97. The van der Waals surface area contributed by atoms with E-state index in [1.165, 1.54) is 13.0 Å². The van der Waals surface area contributed by atoms with Crippen molar-refractivity contribution in [3.05, 3.63) is 47.5 Å². The molecule has 4 unspecified atom stereocenters. The van der Waals surface area contributed by atoms with Crippen LogP contribution in [-0.2, 0) is 11.2 Å². The van der Waals surface area contributed by atoms with Crippen LogP contribution in [0.3, 0.4) is 0 Å². The molecule has 48 heavy (non-hydrogen) atoms. The minimum atomic E-state index is -0.507. The molecule has 10 rings (SSSR count). The number of nitrogens with zero attached hydrogens (tertiary/aromatic N) is 5. The number of fused-ring (bicyclic) bond motifs is 6. The standard InChI is InChI=1S/C32H34FN5O4.C5H9N.H2/c1-17(24-9-4-12-37(24)2)42-31-21-14-23(25-11-10-19-16-41-32(39)38(19)25)35-27(21)22-15-34-28(26(33)29(22)36-31)20-8-3-6-18-7-5-13-40-30(18)20;1-4-2-5-3-6(4)5;/h3,6,8,14-15,17,19,24-25,35H,4-5,7,9-13,16H2,1-2H3;4-5H,2-3H2,1H3;1H/t17-,19-,24-,25?;;/m0../s1. The third-order valence-electron chi connectivity index (χ3n) is 11.6. The Kier molecular flexibility index (Phi) is 7.27. The first kappa shape index (κ1) is 30.1. The van der Waals surface area contributed by atoms with E-state index >= 15 is 4.39 Å². The van der Waals surface area contributed by atoms with E-state index in [4.69, 9.17) is 19.2 Å². The van der Waals surface area contributed by atoms with Crippen LogP contribution in [-0.4, -0.2) is 99.4 Å². The van der Waals surface area contributed by atoms with Crippen molar-refractivity contribution in [1.29, 1.82) is 0 Å². The van der Waals surface area contributed by atoms with Gasteiger partial charge in [0.25, 0.3) is 0 Å². The molecule has 10 nitrogen and oxygen atoms in total. The van der Waals surface area contributed by atoms with Crippen molar-refractivity contribution < 1.29 is 24.8 Å². The molecular formula is C37H45FN6O4. The van der Waals surface area contributed by atoms with Crippen molar-refractivity contribution in [2.75, 3.05) is 33.4 Å². The maximum Gasteiger partial charge on any atom is 0.410 e. The number of pyridine rings is 2. The van der Waals surface area contributed by atoms with Gasteiger partial charge in [0.2, 0.25) is 5.88 Å². The number of nitrogens with one attached hydrogen (secondary N) is 1. The van der Waals surface area contributed by atoms with E-state index in [1.54, 1.807) is 6.20 Å². The SMILES string of the molecule is CC1CC2CN12.C[C@H](Oc1nc2c(F)c(-c3cccc4c3OCCC4)ncc2c2[nH]c(C3CC[C@H]4COC(=O)N34)cc12)[C@@H]1CCCN1C.[HH]. The number of cyclic esters (lactones) is 1. The third-order valence-corrected chi connectivity index (χ3v) is 11.6. The smallest absolute Gasteiger partial charge is 0.410 e. The van der Waals surface area contributed by atoms with Crippen LogP contribution in [0.2, 0.25) is 0 Å². The van der Waals surface area contributed by atoms with Gasteiger partial charge in [-0.1, -0.05) is 12.1 Å². The Balaban J connectivity index is 0.000000446. The number of likely N-dealkylation sites (N-methyl/N-ethyl adjacent to an activating group) is 1. The summed E-state index contributed by atoms with van der Waals surface area (Å²) >= 11 is 0. The van der Waals surface area contributed by atoms with Crippen LogP contribution < -0.4 is 9.47 Å². The van der Waals surface area contributed by atoms with Gasteiger partial charge in [-0.05, 0) is 90.1 Å². The fourth-order valence-electron chi connectivity index (χ4n) is 8.81. The number of aromatic nitrogens is 3. The molecule has 0 radical (unpaired) electrons. The molecule has 1 amide bonds. The van der Waals surface area contributed by atoms with E-state index in [1.807, 2.05) is 29.2 Å². The van der Waals surface area contributed by atoms with Gasteiger partial charge in [-0.15, -0.1) is 0 Å². The topological polar surface area (TPSA) is 95.8 Å². The highest BCUT2D eigenvalue weighted by molar-refractivity contribution is 6.07. The van der Waals surface area contributed by atoms with Gasteiger partial charge in [0, 0.05) is 48.9 Å². The maximum atomic E-state index is 16.5. The van der Waals surface area contributed by atoms with Crippen LogP contribution in [0, 0.1) is 5.82 Å². The molecule has 5 fully saturated rings. The molecule has 0 bridgehead atoms. The number of aromatic amines is 1. The summed E-state index contributed by atoms with van der Waals surface area (Å²) in [7, 11) is 2.11. The number of carbonyl (C=O) groups excluding carboxylic acids is 1. The lowest BCUT2D eigenvalue weighted by molar-refractivity contribution is 0.119. The second-order valence-electron chi connectivity index (χ2n) is 14.5. The fourth-order valence-corrected chi connectivity index (χ4v) is 8.81. The summed E-state index contributed by atoms with van der Waals surface area (Å²) in [4.78, 5) is 32.2. The van der Waals surface area contributed by atoms with Gasteiger partial charge in [0.05, 0.1) is 29.6 Å². The molecule has 4 aromatic rings. The number of H-pyrrole nitrogens is 1. The van der Waals surface area contributed by atoms with E-state index in [0.29, 0.717) is 41.3 Å². The summed E-state index contributed by atoms with van der Waals surface area (Å²) in [5, 5.41) is 1.33. The molecule has 6 aliphatic heterocycles. The maximum absolute atomic E-state index is 16.5. The number of aryl methyl sites for hydroxylation is 1. The predicted octanol–water partition coefficient (Wildman–Crippen LogP) is 6.47. The van der Waals surface area contributed by atoms with Gasteiger partial charge in [-0.3, -0.25) is 19.7 Å². The van der Waals surface area contributed by atoms with Crippen LogP contribution in [0.1, 0.15) is 71.1 Å². The number of amides is 1. The van der Waals surface area contributed by atoms with Gasteiger partial charge in [0.1, 0.15) is 29.7 Å². The number of carbonyl (C=O) groups is 1. The van der Waals surface area contributed by atoms with Crippen molar-refractivity contribution >= 4 is 27.9 Å². The van der Waals surface area contributed by atoms with Crippen LogP contribution in [0.5, 0.6) is 11.6 Å². The molecule has 7 atom stereocenters. The Bertz CT molecular complexity index is 1920. The summed E-state index contributed by atoms with van der Waals surface area (Å²) in [6.07, 6.45) is 8.41. The lowest BCUT2D eigenvalue weighted by atomic mass is 9.99. The third kappa shape index (κ3) is 4.91. The molecule has 5 saturated heterocycles. The van der Waals surface area contributed by atoms with E-state index in [2.05, 4.69) is 40.7 Å². The fraction of sp³-hybridized carbons (Fsp3) is 0.541. The van der Waals surface area contributed by atoms with Crippen molar-refractivity contribution in [2.45, 2.75) is 95.1 Å².